The zero-order valence-electron chi connectivity index (χ0n) is 10.2. The average molecular weight is 324 g/mol. The number of hydrogen-bond acceptors (Lipinski definition) is 2. The molecule has 0 atom stereocenters. The molecule has 0 aliphatic heterocycles. The topological polar surface area (TPSA) is 26.0 Å². The van der Waals surface area contributed by atoms with Crippen molar-refractivity contribution >= 4 is 28.7 Å². The van der Waals surface area contributed by atoms with Crippen LogP contribution in [0.4, 0.5) is 0 Å². The molecule has 0 unspecified atom stereocenters. The van der Waals surface area contributed by atoms with Gasteiger partial charge in [-0.05, 0) is 36.2 Å². The molecule has 0 heterocycles. The Morgan fingerprint density at radius 2 is 1.61 bits per heavy atom. The van der Waals surface area contributed by atoms with Gasteiger partial charge in [0.2, 0.25) is 0 Å². The SMILES string of the molecule is Br.NCCc1cccc(SCc2ccccc2)c1. The number of rotatable bonds is 5. The maximum absolute atomic E-state index is 5.57. The lowest BCUT2D eigenvalue weighted by Gasteiger charge is -2.04. The van der Waals surface area contributed by atoms with Gasteiger partial charge >= 0.3 is 0 Å². The highest BCUT2D eigenvalue weighted by Gasteiger charge is 1.97. The van der Waals surface area contributed by atoms with Crippen molar-refractivity contribution in [3.05, 3.63) is 65.7 Å². The van der Waals surface area contributed by atoms with Crippen molar-refractivity contribution in [2.75, 3.05) is 6.54 Å². The fourth-order valence-corrected chi connectivity index (χ4v) is 2.63. The summed E-state index contributed by atoms with van der Waals surface area (Å²) in [5, 5.41) is 0. The molecule has 0 saturated heterocycles. The van der Waals surface area contributed by atoms with Crippen LogP contribution in [0, 0.1) is 0 Å². The van der Waals surface area contributed by atoms with Crippen LogP contribution in [-0.2, 0) is 12.2 Å². The Morgan fingerprint density at radius 3 is 2.33 bits per heavy atom. The Balaban J connectivity index is 0.00000162. The van der Waals surface area contributed by atoms with Gasteiger partial charge in [-0.25, -0.2) is 0 Å². The Labute approximate surface area is 124 Å². The van der Waals surface area contributed by atoms with E-state index >= 15 is 0 Å². The van der Waals surface area contributed by atoms with Gasteiger partial charge in [0.05, 0.1) is 0 Å². The monoisotopic (exact) mass is 323 g/mol. The van der Waals surface area contributed by atoms with Gasteiger partial charge in [0.15, 0.2) is 0 Å². The first-order valence-corrected chi connectivity index (χ1v) is 6.83. The highest BCUT2D eigenvalue weighted by atomic mass is 79.9. The van der Waals surface area contributed by atoms with Gasteiger partial charge in [0.1, 0.15) is 0 Å². The van der Waals surface area contributed by atoms with E-state index in [2.05, 4.69) is 54.6 Å². The van der Waals surface area contributed by atoms with Crippen molar-refractivity contribution in [2.24, 2.45) is 5.73 Å². The lowest BCUT2D eigenvalue weighted by Crippen LogP contribution is -2.02. The summed E-state index contributed by atoms with van der Waals surface area (Å²) < 4.78 is 0. The van der Waals surface area contributed by atoms with Crippen LogP contribution in [0.15, 0.2) is 59.5 Å². The quantitative estimate of drug-likeness (QED) is 0.840. The maximum atomic E-state index is 5.57. The standard InChI is InChI=1S/C15H17NS.BrH/c16-10-9-13-7-4-8-15(11-13)17-12-14-5-2-1-3-6-14;/h1-8,11H,9-10,12,16H2;1H. The molecule has 0 aliphatic rings. The van der Waals surface area contributed by atoms with Crippen LogP contribution in [0.1, 0.15) is 11.1 Å². The van der Waals surface area contributed by atoms with Crippen molar-refractivity contribution in [1.29, 1.82) is 0 Å². The van der Waals surface area contributed by atoms with E-state index in [1.165, 1.54) is 16.0 Å². The number of halogens is 1. The van der Waals surface area contributed by atoms with E-state index in [0.717, 1.165) is 12.2 Å². The molecule has 0 fully saturated rings. The van der Waals surface area contributed by atoms with E-state index in [1.54, 1.807) is 0 Å². The van der Waals surface area contributed by atoms with Crippen LogP contribution in [0.5, 0.6) is 0 Å². The minimum atomic E-state index is 0. The van der Waals surface area contributed by atoms with Gasteiger partial charge in [0.25, 0.3) is 0 Å². The van der Waals surface area contributed by atoms with Crippen molar-refractivity contribution in [3.63, 3.8) is 0 Å². The molecule has 0 saturated carbocycles. The molecule has 2 aromatic carbocycles. The molecule has 3 heteroatoms. The smallest absolute Gasteiger partial charge is 0.0231 e. The first-order valence-electron chi connectivity index (χ1n) is 5.84. The molecule has 2 rings (SSSR count). The van der Waals surface area contributed by atoms with E-state index < -0.39 is 0 Å². The second kappa shape index (κ2) is 8.35. The van der Waals surface area contributed by atoms with Gasteiger partial charge in [-0.3, -0.25) is 0 Å². The average Bonchev–Trinajstić information content (AvgIpc) is 2.39. The van der Waals surface area contributed by atoms with Crippen molar-refractivity contribution in [1.82, 2.24) is 0 Å². The predicted octanol–water partition coefficient (Wildman–Crippen LogP) is 4.06. The van der Waals surface area contributed by atoms with Crippen LogP contribution in [0.3, 0.4) is 0 Å². The third-order valence-electron chi connectivity index (χ3n) is 2.58. The Hall–Kier alpha value is -0.770. The Bertz CT molecular complexity index is 459. The largest absolute Gasteiger partial charge is 0.330 e. The van der Waals surface area contributed by atoms with Crippen molar-refractivity contribution in [3.8, 4) is 0 Å². The Kier molecular flexibility index (Phi) is 7.09. The van der Waals surface area contributed by atoms with Crippen LogP contribution >= 0.6 is 28.7 Å². The van der Waals surface area contributed by atoms with Crippen LogP contribution < -0.4 is 5.73 Å². The fraction of sp³-hybridized carbons (Fsp3) is 0.200. The minimum absolute atomic E-state index is 0. The second-order valence-corrected chi connectivity index (χ2v) is 5.01. The van der Waals surface area contributed by atoms with Crippen molar-refractivity contribution < 1.29 is 0 Å². The Morgan fingerprint density at radius 1 is 0.889 bits per heavy atom. The molecule has 2 aromatic rings. The highest BCUT2D eigenvalue weighted by molar-refractivity contribution is 8.93. The van der Waals surface area contributed by atoms with Crippen LogP contribution in [0.2, 0.25) is 0 Å². The van der Waals surface area contributed by atoms with E-state index in [4.69, 9.17) is 5.73 Å². The maximum Gasteiger partial charge on any atom is 0.0231 e. The molecular weight excluding hydrogens is 306 g/mol. The van der Waals surface area contributed by atoms with Crippen LogP contribution in [0.25, 0.3) is 0 Å². The van der Waals surface area contributed by atoms with Gasteiger partial charge in [-0.2, -0.15) is 0 Å². The lowest BCUT2D eigenvalue weighted by molar-refractivity contribution is 0.964. The molecule has 0 aliphatic carbocycles. The second-order valence-electron chi connectivity index (χ2n) is 3.96. The zero-order chi connectivity index (χ0) is 11.9. The van der Waals surface area contributed by atoms with Gasteiger partial charge < -0.3 is 5.73 Å². The first kappa shape index (κ1) is 15.3. The van der Waals surface area contributed by atoms with Crippen molar-refractivity contribution in [2.45, 2.75) is 17.1 Å². The number of thioether (sulfide) groups is 1. The molecule has 2 N–H and O–H groups in total. The fourth-order valence-electron chi connectivity index (χ4n) is 1.70. The molecule has 0 amide bonds. The van der Waals surface area contributed by atoms with E-state index in [9.17, 15) is 0 Å². The van der Waals surface area contributed by atoms with Gasteiger partial charge in [-0.1, -0.05) is 42.5 Å². The zero-order valence-corrected chi connectivity index (χ0v) is 12.7. The van der Waals surface area contributed by atoms with Crippen LogP contribution in [-0.4, -0.2) is 6.54 Å². The summed E-state index contributed by atoms with van der Waals surface area (Å²) in [5.74, 6) is 1.02. The van der Waals surface area contributed by atoms with E-state index in [1.807, 2.05) is 11.8 Å². The molecule has 96 valence electrons. The molecule has 0 bridgehead atoms. The molecule has 18 heavy (non-hydrogen) atoms. The number of nitrogens with two attached hydrogens (primary N) is 1. The van der Waals surface area contributed by atoms with Gasteiger partial charge in [-0.15, -0.1) is 28.7 Å². The predicted molar refractivity (Wildman–Crippen MR) is 85.5 cm³/mol. The molecule has 0 spiro atoms. The summed E-state index contributed by atoms with van der Waals surface area (Å²) in [6, 6.07) is 19.2. The van der Waals surface area contributed by atoms with E-state index in [0.29, 0.717) is 6.54 Å². The number of benzene rings is 2. The third kappa shape index (κ3) is 4.84. The number of hydrogen-bond donors (Lipinski definition) is 1. The third-order valence-corrected chi connectivity index (χ3v) is 3.64. The summed E-state index contributed by atoms with van der Waals surface area (Å²) in [7, 11) is 0. The highest BCUT2D eigenvalue weighted by Crippen LogP contribution is 2.23. The molecular formula is C15H18BrNS. The van der Waals surface area contributed by atoms with E-state index in [-0.39, 0.29) is 17.0 Å². The summed E-state index contributed by atoms with van der Waals surface area (Å²) in [5.41, 5.74) is 8.26. The molecule has 0 radical (unpaired) electrons. The summed E-state index contributed by atoms with van der Waals surface area (Å²) in [6.07, 6.45) is 0.958. The normalized spacial score (nSPS) is 9.83. The van der Waals surface area contributed by atoms with Gasteiger partial charge in [0, 0.05) is 10.6 Å². The molecule has 0 aromatic heterocycles. The summed E-state index contributed by atoms with van der Waals surface area (Å²) >= 11 is 1.87. The summed E-state index contributed by atoms with van der Waals surface area (Å²) in [4.78, 5) is 1.32. The molecule has 1 nitrogen and oxygen atoms in total. The minimum Gasteiger partial charge on any atom is -0.330 e. The lowest BCUT2D eigenvalue weighted by atomic mass is 10.2. The summed E-state index contributed by atoms with van der Waals surface area (Å²) in [6.45, 7) is 0.715. The first-order chi connectivity index (χ1) is 8.38.